The van der Waals surface area contributed by atoms with Crippen molar-refractivity contribution in [1.29, 1.82) is 0 Å². The van der Waals surface area contributed by atoms with E-state index in [-0.39, 0.29) is 30.1 Å². The minimum atomic E-state index is -0.137. The topological polar surface area (TPSA) is 64.6 Å². The second-order valence-electron chi connectivity index (χ2n) is 7.10. The SMILES string of the molecule is CC1CCCC(CNC(=O)NC(C)C(C)CO)(N(C)C)C1. The summed E-state index contributed by atoms with van der Waals surface area (Å²) in [5, 5.41) is 15.1. The Labute approximate surface area is 129 Å². The van der Waals surface area contributed by atoms with Crippen LogP contribution in [0.25, 0.3) is 0 Å². The molecule has 0 aromatic carbocycles. The maximum absolute atomic E-state index is 12.0. The van der Waals surface area contributed by atoms with Gasteiger partial charge in [0.2, 0.25) is 0 Å². The van der Waals surface area contributed by atoms with Crippen LogP contribution >= 0.6 is 0 Å². The van der Waals surface area contributed by atoms with E-state index >= 15 is 0 Å². The van der Waals surface area contributed by atoms with Crippen molar-refractivity contribution in [3.05, 3.63) is 0 Å². The standard InChI is InChI=1S/C16H33N3O2/c1-12-7-6-8-16(9-12,19(4)5)11-17-15(21)18-14(3)13(2)10-20/h12-14,20H,6-11H2,1-5H3,(H2,17,18,21). The maximum atomic E-state index is 12.0. The molecule has 0 saturated heterocycles. The van der Waals surface area contributed by atoms with Gasteiger partial charge in [0, 0.05) is 24.7 Å². The molecule has 5 nitrogen and oxygen atoms in total. The fourth-order valence-corrected chi connectivity index (χ4v) is 3.16. The molecule has 1 rings (SSSR count). The molecule has 0 aromatic heterocycles. The van der Waals surface area contributed by atoms with E-state index in [0.29, 0.717) is 12.5 Å². The molecule has 0 aliphatic heterocycles. The summed E-state index contributed by atoms with van der Waals surface area (Å²) in [5.41, 5.74) is 0.0703. The molecule has 5 heteroatoms. The minimum absolute atomic E-state index is 0.0319. The molecule has 1 aliphatic rings. The van der Waals surface area contributed by atoms with Crippen molar-refractivity contribution >= 4 is 6.03 Å². The van der Waals surface area contributed by atoms with Crippen LogP contribution in [-0.2, 0) is 0 Å². The molecule has 0 heterocycles. The summed E-state index contributed by atoms with van der Waals surface area (Å²) in [6, 6.07) is -0.169. The van der Waals surface area contributed by atoms with Gasteiger partial charge in [0.15, 0.2) is 0 Å². The normalized spacial score (nSPS) is 29.0. The van der Waals surface area contributed by atoms with Gasteiger partial charge in [0.25, 0.3) is 0 Å². The fourth-order valence-electron chi connectivity index (χ4n) is 3.16. The predicted octanol–water partition coefficient (Wildman–Crippen LogP) is 1.81. The Kier molecular flexibility index (Phi) is 6.94. The number of likely N-dealkylation sites (N-methyl/N-ethyl adjacent to an activating group) is 1. The van der Waals surface area contributed by atoms with Gasteiger partial charge in [0.1, 0.15) is 0 Å². The number of amides is 2. The molecule has 0 bridgehead atoms. The van der Waals surface area contributed by atoms with E-state index in [1.54, 1.807) is 0 Å². The molecule has 124 valence electrons. The van der Waals surface area contributed by atoms with Crippen LogP contribution in [0.5, 0.6) is 0 Å². The van der Waals surface area contributed by atoms with Gasteiger partial charge in [-0.05, 0) is 45.7 Å². The van der Waals surface area contributed by atoms with E-state index in [4.69, 9.17) is 5.11 Å². The Morgan fingerprint density at radius 2 is 2.10 bits per heavy atom. The van der Waals surface area contributed by atoms with Gasteiger partial charge >= 0.3 is 6.03 Å². The molecule has 1 aliphatic carbocycles. The Bertz CT molecular complexity index is 335. The first kappa shape index (κ1) is 18.2. The van der Waals surface area contributed by atoms with Crippen LogP contribution in [0, 0.1) is 11.8 Å². The zero-order chi connectivity index (χ0) is 16.0. The lowest BCUT2D eigenvalue weighted by Gasteiger charge is -2.45. The van der Waals surface area contributed by atoms with Crippen LogP contribution in [0.1, 0.15) is 46.5 Å². The molecule has 0 aromatic rings. The van der Waals surface area contributed by atoms with Crippen LogP contribution in [0.2, 0.25) is 0 Å². The number of aliphatic hydroxyl groups excluding tert-OH is 1. The third-order valence-corrected chi connectivity index (χ3v) is 5.09. The van der Waals surface area contributed by atoms with Crippen molar-refractivity contribution < 1.29 is 9.90 Å². The predicted molar refractivity (Wildman–Crippen MR) is 86.3 cm³/mol. The maximum Gasteiger partial charge on any atom is 0.315 e. The molecule has 0 spiro atoms. The Morgan fingerprint density at radius 3 is 2.62 bits per heavy atom. The molecular weight excluding hydrogens is 266 g/mol. The molecule has 3 N–H and O–H groups in total. The summed E-state index contributed by atoms with van der Waals surface area (Å²) in [5.74, 6) is 0.771. The number of hydrogen-bond acceptors (Lipinski definition) is 3. The first-order valence-electron chi connectivity index (χ1n) is 8.13. The van der Waals surface area contributed by atoms with Crippen molar-refractivity contribution in [1.82, 2.24) is 15.5 Å². The molecule has 2 amide bonds. The highest BCUT2D eigenvalue weighted by Gasteiger charge is 2.37. The van der Waals surface area contributed by atoms with E-state index in [1.165, 1.54) is 12.8 Å². The first-order chi connectivity index (χ1) is 9.80. The van der Waals surface area contributed by atoms with Gasteiger partial charge in [-0.2, -0.15) is 0 Å². The zero-order valence-electron chi connectivity index (χ0n) is 14.3. The van der Waals surface area contributed by atoms with Gasteiger partial charge in [-0.1, -0.05) is 26.7 Å². The number of hydrogen-bond donors (Lipinski definition) is 3. The highest BCUT2D eigenvalue weighted by atomic mass is 16.3. The molecule has 4 unspecified atom stereocenters. The van der Waals surface area contributed by atoms with Crippen LogP contribution in [0.15, 0.2) is 0 Å². The lowest BCUT2D eigenvalue weighted by Crippen LogP contribution is -2.57. The monoisotopic (exact) mass is 299 g/mol. The van der Waals surface area contributed by atoms with E-state index < -0.39 is 0 Å². The van der Waals surface area contributed by atoms with Crippen LogP contribution in [0.4, 0.5) is 4.79 Å². The van der Waals surface area contributed by atoms with Gasteiger partial charge in [0.05, 0.1) is 0 Å². The highest BCUT2D eigenvalue weighted by Crippen LogP contribution is 2.35. The Morgan fingerprint density at radius 1 is 1.43 bits per heavy atom. The van der Waals surface area contributed by atoms with Crippen LogP contribution in [0.3, 0.4) is 0 Å². The summed E-state index contributed by atoms with van der Waals surface area (Å²) in [4.78, 5) is 14.3. The molecule has 1 fully saturated rings. The number of aliphatic hydroxyl groups is 1. The molecule has 4 atom stereocenters. The van der Waals surface area contributed by atoms with Crippen molar-refractivity contribution in [2.45, 2.75) is 58.0 Å². The summed E-state index contributed by atoms with van der Waals surface area (Å²) in [6.07, 6.45) is 4.77. The first-order valence-corrected chi connectivity index (χ1v) is 8.13. The summed E-state index contributed by atoms with van der Waals surface area (Å²) in [6.45, 7) is 6.90. The largest absolute Gasteiger partial charge is 0.396 e. The van der Waals surface area contributed by atoms with Crippen LogP contribution in [-0.4, -0.2) is 54.9 Å². The summed E-state index contributed by atoms with van der Waals surface area (Å²) < 4.78 is 0. The summed E-state index contributed by atoms with van der Waals surface area (Å²) >= 11 is 0. The van der Waals surface area contributed by atoms with Gasteiger partial charge in [-0.3, -0.25) is 0 Å². The van der Waals surface area contributed by atoms with E-state index in [9.17, 15) is 4.79 Å². The number of nitrogens with zero attached hydrogens (tertiary/aromatic N) is 1. The summed E-state index contributed by atoms with van der Waals surface area (Å²) in [7, 11) is 4.21. The number of nitrogens with one attached hydrogen (secondary N) is 2. The van der Waals surface area contributed by atoms with Crippen molar-refractivity contribution in [2.75, 3.05) is 27.2 Å². The Hall–Kier alpha value is -0.810. The average Bonchev–Trinajstić information content (AvgIpc) is 2.44. The smallest absolute Gasteiger partial charge is 0.315 e. The fraction of sp³-hybridized carbons (Fsp3) is 0.938. The van der Waals surface area contributed by atoms with Crippen molar-refractivity contribution in [3.8, 4) is 0 Å². The third-order valence-electron chi connectivity index (χ3n) is 5.09. The lowest BCUT2D eigenvalue weighted by molar-refractivity contribution is 0.0770. The number of carbonyl (C=O) groups is 1. The number of carbonyl (C=O) groups excluding carboxylic acids is 1. The molecule has 1 saturated carbocycles. The van der Waals surface area contributed by atoms with E-state index in [0.717, 1.165) is 12.8 Å². The third kappa shape index (κ3) is 5.15. The molecule has 0 radical (unpaired) electrons. The lowest BCUT2D eigenvalue weighted by atomic mass is 9.75. The van der Waals surface area contributed by atoms with Crippen molar-refractivity contribution in [2.24, 2.45) is 11.8 Å². The molecular formula is C16H33N3O2. The molecule has 21 heavy (non-hydrogen) atoms. The zero-order valence-corrected chi connectivity index (χ0v) is 14.3. The Balaban J connectivity index is 2.52. The highest BCUT2D eigenvalue weighted by molar-refractivity contribution is 5.74. The minimum Gasteiger partial charge on any atom is -0.396 e. The number of urea groups is 1. The average molecular weight is 299 g/mol. The number of rotatable bonds is 6. The van der Waals surface area contributed by atoms with Crippen LogP contribution < -0.4 is 10.6 Å². The quantitative estimate of drug-likeness (QED) is 0.701. The van der Waals surface area contributed by atoms with Crippen molar-refractivity contribution in [3.63, 3.8) is 0 Å². The second-order valence-corrected chi connectivity index (χ2v) is 7.10. The van der Waals surface area contributed by atoms with E-state index in [1.807, 2.05) is 13.8 Å². The second kappa shape index (κ2) is 7.99. The van der Waals surface area contributed by atoms with Gasteiger partial charge in [-0.15, -0.1) is 0 Å². The van der Waals surface area contributed by atoms with Gasteiger partial charge < -0.3 is 20.6 Å². The van der Waals surface area contributed by atoms with Gasteiger partial charge in [-0.25, -0.2) is 4.79 Å². The van der Waals surface area contributed by atoms with E-state index in [2.05, 4.69) is 36.6 Å².